The average molecular weight is 312 g/mol. The summed E-state index contributed by atoms with van der Waals surface area (Å²) in [6.07, 6.45) is 0. The number of rotatable bonds is 1. The standard InChI is InChI=1S/C13H16N2O5S/c1-8-6-21(17,18)3-2-15(8)13(16)9-4-11-12(5-10(9)14)20-7-19-11/h4-5,8H,2-3,6-7,14H2,1H3. The number of carbonyl (C=O) groups is 1. The summed E-state index contributed by atoms with van der Waals surface area (Å²) in [5, 5.41) is 0. The number of hydrogen-bond acceptors (Lipinski definition) is 6. The maximum absolute atomic E-state index is 12.6. The first-order valence-electron chi connectivity index (χ1n) is 6.58. The molecule has 0 spiro atoms. The third-order valence-electron chi connectivity index (χ3n) is 3.71. The van der Waals surface area contributed by atoms with Gasteiger partial charge in [-0.05, 0) is 13.0 Å². The van der Waals surface area contributed by atoms with E-state index in [9.17, 15) is 13.2 Å². The van der Waals surface area contributed by atoms with E-state index in [2.05, 4.69) is 0 Å². The first-order valence-corrected chi connectivity index (χ1v) is 8.40. The molecular formula is C13H16N2O5S. The molecule has 1 aromatic rings. The van der Waals surface area contributed by atoms with E-state index in [0.717, 1.165) is 0 Å². The summed E-state index contributed by atoms with van der Waals surface area (Å²) in [6.45, 7) is 2.00. The fourth-order valence-electron chi connectivity index (χ4n) is 2.60. The molecule has 0 aromatic heterocycles. The van der Waals surface area contributed by atoms with Crippen molar-refractivity contribution in [1.29, 1.82) is 0 Å². The van der Waals surface area contributed by atoms with E-state index in [1.807, 2.05) is 0 Å². The number of benzene rings is 1. The Kier molecular flexibility index (Phi) is 3.20. The van der Waals surface area contributed by atoms with E-state index in [1.54, 1.807) is 19.1 Å². The molecule has 1 aromatic carbocycles. The van der Waals surface area contributed by atoms with Crippen molar-refractivity contribution in [2.24, 2.45) is 0 Å². The Morgan fingerprint density at radius 3 is 2.67 bits per heavy atom. The molecule has 1 amide bonds. The zero-order chi connectivity index (χ0) is 15.2. The van der Waals surface area contributed by atoms with Crippen molar-refractivity contribution in [3.8, 4) is 11.5 Å². The molecule has 7 nitrogen and oxygen atoms in total. The molecule has 8 heteroatoms. The third kappa shape index (κ3) is 2.51. The van der Waals surface area contributed by atoms with Gasteiger partial charge in [-0.25, -0.2) is 8.42 Å². The van der Waals surface area contributed by atoms with Crippen molar-refractivity contribution in [3.63, 3.8) is 0 Å². The lowest BCUT2D eigenvalue weighted by Gasteiger charge is -2.33. The lowest BCUT2D eigenvalue weighted by molar-refractivity contribution is 0.0713. The van der Waals surface area contributed by atoms with Crippen molar-refractivity contribution < 1.29 is 22.7 Å². The highest BCUT2D eigenvalue weighted by Gasteiger charge is 2.33. The largest absolute Gasteiger partial charge is 0.454 e. The van der Waals surface area contributed by atoms with E-state index in [4.69, 9.17) is 15.2 Å². The smallest absolute Gasteiger partial charge is 0.256 e. The van der Waals surface area contributed by atoms with Crippen molar-refractivity contribution >= 4 is 21.4 Å². The van der Waals surface area contributed by atoms with Gasteiger partial charge in [-0.2, -0.15) is 0 Å². The maximum Gasteiger partial charge on any atom is 0.256 e. The monoisotopic (exact) mass is 312 g/mol. The quantitative estimate of drug-likeness (QED) is 0.747. The van der Waals surface area contributed by atoms with Crippen LogP contribution < -0.4 is 15.2 Å². The Labute approximate surface area is 122 Å². The Morgan fingerprint density at radius 1 is 1.33 bits per heavy atom. The maximum atomic E-state index is 12.6. The van der Waals surface area contributed by atoms with Crippen LogP contribution in [-0.4, -0.2) is 50.1 Å². The SMILES string of the molecule is CC1CS(=O)(=O)CCN1C(=O)c1cc2c(cc1N)OCO2. The first-order chi connectivity index (χ1) is 9.87. The normalized spacial score (nSPS) is 23.1. The van der Waals surface area contributed by atoms with Crippen LogP contribution >= 0.6 is 0 Å². The lowest BCUT2D eigenvalue weighted by Crippen LogP contribution is -2.49. The van der Waals surface area contributed by atoms with E-state index < -0.39 is 9.84 Å². The molecule has 2 heterocycles. The van der Waals surface area contributed by atoms with Crippen molar-refractivity contribution in [2.75, 3.05) is 30.6 Å². The van der Waals surface area contributed by atoms with E-state index in [0.29, 0.717) is 22.7 Å². The number of nitrogens with zero attached hydrogens (tertiary/aromatic N) is 1. The van der Waals surface area contributed by atoms with Crippen LogP contribution in [0.15, 0.2) is 12.1 Å². The zero-order valence-electron chi connectivity index (χ0n) is 11.5. The van der Waals surface area contributed by atoms with Crippen molar-refractivity contribution in [2.45, 2.75) is 13.0 Å². The summed E-state index contributed by atoms with van der Waals surface area (Å²) >= 11 is 0. The third-order valence-corrected chi connectivity index (χ3v) is 5.50. The lowest BCUT2D eigenvalue weighted by atomic mass is 10.1. The number of anilines is 1. The number of ether oxygens (including phenoxy) is 2. The van der Waals surface area contributed by atoms with Crippen LogP contribution in [0, 0.1) is 0 Å². The molecule has 3 rings (SSSR count). The number of nitrogen functional groups attached to an aromatic ring is 1. The minimum absolute atomic E-state index is 0.0203. The molecule has 1 atom stereocenters. The molecule has 1 saturated heterocycles. The number of sulfone groups is 1. The highest BCUT2D eigenvalue weighted by atomic mass is 32.2. The second-order valence-electron chi connectivity index (χ2n) is 5.25. The predicted molar refractivity (Wildman–Crippen MR) is 76.1 cm³/mol. The van der Waals surface area contributed by atoms with Crippen molar-refractivity contribution in [3.05, 3.63) is 17.7 Å². The Balaban J connectivity index is 1.89. The molecule has 2 aliphatic rings. The molecule has 0 radical (unpaired) electrons. The number of carbonyl (C=O) groups excluding carboxylic acids is 1. The van der Waals surface area contributed by atoms with Gasteiger partial charge in [0.1, 0.15) is 0 Å². The fraction of sp³-hybridized carbons (Fsp3) is 0.462. The van der Waals surface area contributed by atoms with Gasteiger partial charge in [-0.1, -0.05) is 0 Å². The van der Waals surface area contributed by atoms with Gasteiger partial charge in [0.05, 0.1) is 17.1 Å². The number of hydrogen-bond donors (Lipinski definition) is 1. The average Bonchev–Trinajstić information content (AvgIpc) is 2.83. The summed E-state index contributed by atoms with van der Waals surface area (Å²) in [4.78, 5) is 14.1. The Hall–Kier alpha value is -1.96. The summed E-state index contributed by atoms with van der Waals surface area (Å²) in [6, 6.07) is 2.73. The number of fused-ring (bicyclic) bond motifs is 1. The minimum Gasteiger partial charge on any atom is -0.454 e. The zero-order valence-corrected chi connectivity index (χ0v) is 12.4. The van der Waals surface area contributed by atoms with Crippen LogP contribution in [0.5, 0.6) is 11.5 Å². The molecule has 2 N–H and O–H groups in total. The summed E-state index contributed by atoms with van der Waals surface area (Å²) in [5.41, 5.74) is 6.51. The van der Waals surface area contributed by atoms with Gasteiger partial charge in [0.25, 0.3) is 5.91 Å². The van der Waals surface area contributed by atoms with Crippen LogP contribution in [0.1, 0.15) is 17.3 Å². The van der Waals surface area contributed by atoms with Crippen LogP contribution in [0.2, 0.25) is 0 Å². The van der Waals surface area contributed by atoms with Crippen LogP contribution in [0.3, 0.4) is 0 Å². The van der Waals surface area contributed by atoms with Crippen LogP contribution in [0.25, 0.3) is 0 Å². The van der Waals surface area contributed by atoms with Gasteiger partial charge < -0.3 is 20.1 Å². The molecule has 21 heavy (non-hydrogen) atoms. The molecule has 0 bridgehead atoms. The van der Waals surface area contributed by atoms with E-state index in [-0.39, 0.29) is 36.8 Å². The van der Waals surface area contributed by atoms with Gasteiger partial charge in [-0.15, -0.1) is 0 Å². The molecule has 0 saturated carbocycles. The Morgan fingerprint density at radius 2 is 2.00 bits per heavy atom. The summed E-state index contributed by atoms with van der Waals surface area (Å²) in [7, 11) is -3.07. The summed E-state index contributed by atoms with van der Waals surface area (Å²) in [5.74, 6) is 0.660. The van der Waals surface area contributed by atoms with Gasteiger partial charge in [-0.3, -0.25) is 4.79 Å². The number of nitrogens with two attached hydrogens (primary N) is 1. The molecular weight excluding hydrogens is 296 g/mol. The molecule has 1 fully saturated rings. The first kappa shape index (κ1) is 14.0. The number of amides is 1. The van der Waals surface area contributed by atoms with Gasteiger partial charge in [0, 0.05) is 24.3 Å². The fourth-order valence-corrected chi connectivity index (χ4v) is 4.15. The van der Waals surface area contributed by atoms with Crippen LogP contribution in [0.4, 0.5) is 5.69 Å². The molecule has 1 unspecified atom stereocenters. The van der Waals surface area contributed by atoms with Crippen LogP contribution in [-0.2, 0) is 9.84 Å². The second-order valence-corrected chi connectivity index (χ2v) is 7.48. The Bertz CT molecular complexity index is 701. The van der Waals surface area contributed by atoms with E-state index in [1.165, 1.54) is 4.90 Å². The molecule has 0 aliphatic carbocycles. The van der Waals surface area contributed by atoms with Gasteiger partial charge in [0.15, 0.2) is 21.3 Å². The highest BCUT2D eigenvalue weighted by Crippen LogP contribution is 2.36. The van der Waals surface area contributed by atoms with Crippen molar-refractivity contribution in [1.82, 2.24) is 4.90 Å². The van der Waals surface area contributed by atoms with Gasteiger partial charge >= 0.3 is 0 Å². The summed E-state index contributed by atoms with van der Waals surface area (Å²) < 4.78 is 33.6. The molecule has 114 valence electrons. The highest BCUT2D eigenvalue weighted by molar-refractivity contribution is 7.91. The second kappa shape index (κ2) is 4.80. The topological polar surface area (TPSA) is 98.9 Å². The van der Waals surface area contributed by atoms with Gasteiger partial charge in [0.2, 0.25) is 6.79 Å². The van der Waals surface area contributed by atoms with E-state index >= 15 is 0 Å². The molecule has 2 aliphatic heterocycles. The minimum atomic E-state index is -3.07. The predicted octanol–water partition coefficient (Wildman–Crippen LogP) is 0.257.